The van der Waals surface area contributed by atoms with Gasteiger partial charge < -0.3 is 5.32 Å². The van der Waals surface area contributed by atoms with E-state index in [1.54, 1.807) is 23.7 Å². The fourth-order valence-corrected chi connectivity index (χ4v) is 3.76. The Labute approximate surface area is 152 Å². The van der Waals surface area contributed by atoms with E-state index in [1.165, 1.54) is 4.68 Å². The number of carbonyl (C=O) groups is 1. The molecule has 0 atom stereocenters. The van der Waals surface area contributed by atoms with Crippen LogP contribution in [-0.2, 0) is 24.3 Å². The van der Waals surface area contributed by atoms with Crippen LogP contribution in [0.25, 0.3) is 15.7 Å². The lowest BCUT2D eigenvalue weighted by atomic mass is 10.3. The van der Waals surface area contributed by atoms with E-state index in [0.29, 0.717) is 18.5 Å². The molecule has 0 unspecified atom stereocenters. The number of nitrogens with zero attached hydrogens (tertiary/aromatic N) is 4. The molecule has 4 aromatic rings. The summed E-state index contributed by atoms with van der Waals surface area (Å²) in [6, 6.07) is 7.55. The molecule has 0 aliphatic heterocycles. The summed E-state index contributed by atoms with van der Waals surface area (Å²) in [7, 11) is 0. The van der Waals surface area contributed by atoms with E-state index in [0.717, 1.165) is 21.6 Å². The van der Waals surface area contributed by atoms with Crippen LogP contribution in [0.4, 0.5) is 0 Å². The summed E-state index contributed by atoms with van der Waals surface area (Å²) in [5.74, 6) is 0.497. The molecule has 1 amide bonds. The molecule has 7 nitrogen and oxygen atoms in total. The van der Waals surface area contributed by atoms with Gasteiger partial charge >= 0.3 is 0 Å². The molecule has 0 aliphatic rings. The van der Waals surface area contributed by atoms with Gasteiger partial charge in [-0.2, -0.15) is 5.10 Å². The summed E-state index contributed by atoms with van der Waals surface area (Å²) in [5.41, 5.74) is 2.18. The first-order valence-electron chi connectivity index (χ1n) is 8.31. The number of hydrogen-bond donors (Lipinski definition) is 1. The van der Waals surface area contributed by atoms with Gasteiger partial charge in [-0.05, 0) is 29.1 Å². The zero-order chi connectivity index (χ0) is 18.1. The molecule has 4 aromatic heterocycles. The number of amides is 1. The Morgan fingerprint density at radius 3 is 2.96 bits per heavy atom. The van der Waals surface area contributed by atoms with Crippen molar-refractivity contribution in [1.29, 1.82) is 0 Å². The molecule has 0 bridgehead atoms. The maximum Gasteiger partial charge on any atom is 0.291 e. The van der Waals surface area contributed by atoms with E-state index in [4.69, 9.17) is 0 Å². The number of carbonyl (C=O) groups excluding carboxylic acids is 1. The van der Waals surface area contributed by atoms with Crippen molar-refractivity contribution in [3.8, 4) is 0 Å². The smallest absolute Gasteiger partial charge is 0.291 e. The Morgan fingerprint density at radius 1 is 1.31 bits per heavy atom. The van der Waals surface area contributed by atoms with Crippen molar-refractivity contribution in [2.24, 2.45) is 0 Å². The Hall–Kier alpha value is -3.00. The van der Waals surface area contributed by atoms with Gasteiger partial charge in [0.1, 0.15) is 17.9 Å². The highest BCUT2D eigenvalue weighted by Gasteiger charge is 2.15. The second-order valence-corrected chi connectivity index (χ2v) is 6.85. The maximum absolute atomic E-state index is 12.8. The van der Waals surface area contributed by atoms with Gasteiger partial charge in [-0.15, -0.1) is 11.3 Å². The van der Waals surface area contributed by atoms with Gasteiger partial charge in [0.05, 0.1) is 10.2 Å². The average Bonchev–Trinajstić information content (AvgIpc) is 3.25. The van der Waals surface area contributed by atoms with Crippen molar-refractivity contribution in [2.45, 2.75) is 26.4 Å². The second kappa shape index (κ2) is 6.72. The van der Waals surface area contributed by atoms with Crippen LogP contribution >= 0.6 is 11.3 Å². The van der Waals surface area contributed by atoms with Crippen LogP contribution in [0.3, 0.4) is 0 Å². The SMILES string of the molecule is CCc1nn(CC(=O)NCc2cccnc2)c(=O)c2cc3sccc3n12. The third kappa shape index (κ3) is 2.88. The quantitative estimate of drug-likeness (QED) is 0.585. The average molecular weight is 367 g/mol. The number of thiophene rings is 1. The minimum Gasteiger partial charge on any atom is -0.350 e. The van der Waals surface area contributed by atoms with E-state index in [-0.39, 0.29) is 18.0 Å². The number of aryl methyl sites for hydroxylation is 1. The number of pyridine rings is 1. The van der Waals surface area contributed by atoms with Gasteiger partial charge in [0.2, 0.25) is 5.91 Å². The Bertz CT molecular complexity index is 1140. The van der Waals surface area contributed by atoms with Gasteiger partial charge in [-0.25, -0.2) is 4.68 Å². The number of aromatic nitrogens is 4. The molecule has 0 saturated carbocycles. The molecule has 8 heteroatoms. The molecule has 0 aromatic carbocycles. The minimum atomic E-state index is -0.262. The predicted octanol–water partition coefficient (Wildman–Crippen LogP) is 1.98. The summed E-state index contributed by atoms with van der Waals surface area (Å²) in [5, 5.41) is 9.21. The number of rotatable bonds is 5. The minimum absolute atomic E-state index is 0.110. The highest BCUT2D eigenvalue weighted by Crippen LogP contribution is 2.24. The molecule has 0 spiro atoms. The summed E-state index contributed by atoms with van der Waals surface area (Å²) in [6.45, 7) is 2.24. The number of nitrogens with one attached hydrogen (secondary N) is 1. The number of hydrogen-bond acceptors (Lipinski definition) is 5. The maximum atomic E-state index is 12.8. The molecule has 26 heavy (non-hydrogen) atoms. The summed E-state index contributed by atoms with van der Waals surface area (Å²) >= 11 is 1.58. The first-order valence-corrected chi connectivity index (χ1v) is 9.19. The number of fused-ring (bicyclic) bond motifs is 3. The van der Waals surface area contributed by atoms with E-state index in [9.17, 15) is 9.59 Å². The lowest BCUT2D eigenvalue weighted by Gasteiger charge is -2.10. The summed E-state index contributed by atoms with van der Waals surface area (Å²) in [4.78, 5) is 29.0. The van der Waals surface area contributed by atoms with Crippen molar-refractivity contribution in [1.82, 2.24) is 24.5 Å². The highest BCUT2D eigenvalue weighted by atomic mass is 32.1. The molecule has 4 rings (SSSR count). The fraction of sp³-hybridized carbons (Fsp3) is 0.222. The van der Waals surface area contributed by atoms with E-state index >= 15 is 0 Å². The van der Waals surface area contributed by atoms with Crippen LogP contribution in [-0.4, -0.2) is 25.1 Å². The van der Waals surface area contributed by atoms with Gasteiger partial charge in [-0.1, -0.05) is 13.0 Å². The summed E-state index contributed by atoms with van der Waals surface area (Å²) in [6.07, 6.45) is 4.03. The molecule has 0 radical (unpaired) electrons. The van der Waals surface area contributed by atoms with E-state index < -0.39 is 0 Å². The molecule has 1 N–H and O–H groups in total. The van der Waals surface area contributed by atoms with Crippen LogP contribution in [0.5, 0.6) is 0 Å². The van der Waals surface area contributed by atoms with E-state index in [1.807, 2.05) is 41.0 Å². The van der Waals surface area contributed by atoms with Gasteiger partial charge in [0.15, 0.2) is 0 Å². The Kier molecular flexibility index (Phi) is 4.26. The largest absolute Gasteiger partial charge is 0.350 e. The van der Waals surface area contributed by atoms with Crippen molar-refractivity contribution in [3.63, 3.8) is 0 Å². The van der Waals surface area contributed by atoms with Gasteiger partial charge in [-0.3, -0.25) is 19.0 Å². The monoisotopic (exact) mass is 367 g/mol. The first kappa shape index (κ1) is 16.5. The zero-order valence-electron chi connectivity index (χ0n) is 14.2. The second-order valence-electron chi connectivity index (χ2n) is 5.91. The topological polar surface area (TPSA) is 81.3 Å². The van der Waals surface area contributed by atoms with Gasteiger partial charge in [0.25, 0.3) is 5.56 Å². The molecule has 4 heterocycles. The molecule has 0 aliphatic carbocycles. The zero-order valence-corrected chi connectivity index (χ0v) is 15.0. The Morgan fingerprint density at radius 2 is 2.19 bits per heavy atom. The lowest BCUT2D eigenvalue weighted by molar-refractivity contribution is -0.122. The molecule has 132 valence electrons. The van der Waals surface area contributed by atoms with Crippen molar-refractivity contribution < 1.29 is 4.79 Å². The van der Waals surface area contributed by atoms with Crippen molar-refractivity contribution >= 4 is 33.0 Å². The highest BCUT2D eigenvalue weighted by molar-refractivity contribution is 7.17. The van der Waals surface area contributed by atoms with Crippen molar-refractivity contribution in [3.05, 3.63) is 63.8 Å². The standard InChI is InChI=1S/C18H17N5O2S/c1-2-16-21-22(11-17(24)20-10-12-4-3-6-19-9-12)18(25)14-8-15-13(23(14)16)5-7-26-15/h3-9H,2,10-11H2,1H3,(H,20,24). The predicted molar refractivity (Wildman–Crippen MR) is 100 cm³/mol. The Balaban J connectivity index is 1.63. The lowest BCUT2D eigenvalue weighted by Crippen LogP contribution is -2.35. The molecule has 0 saturated heterocycles. The van der Waals surface area contributed by atoms with Crippen LogP contribution in [0.2, 0.25) is 0 Å². The normalized spacial score (nSPS) is 11.3. The van der Waals surface area contributed by atoms with Crippen LogP contribution < -0.4 is 10.9 Å². The fourth-order valence-electron chi connectivity index (χ4n) is 2.95. The molecular weight excluding hydrogens is 350 g/mol. The molecular formula is C18H17N5O2S. The van der Waals surface area contributed by atoms with Crippen LogP contribution in [0, 0.1) is 0 Å². The van der Waals surface area contributed by atoms with Gasteiger partial charge in [0, 0.05) is 25.4 Å². The first-order chi connectivity index (χ1) is 12.7. The van der Waals surface area contributed by atoms with Crippen LogP contribution in [0.1, 0.15) is 18.3 Å². The van der Waals surface area contributed by atoms with Crippen LogP contribution in [0.15, 0.2) is 46.8 Å². The molecule has 0 fully saturated rings. The van der Waals surface area contributed by atoms with Crippen molar-refractivity contribution in [2.75, 3.05) is 0 Å². The third-order valence-electron chi connectivity index (χ3n) is 4.19. The summed E-state index contributed by atoms with van der Waals surface area (Å²) < 4.78 is 4.17. The van der Waals surface area contributed by atoms with E-state index in [2.05, 4.69) is 15.4 Å². The third-order valence-corrected chi connectivity index (χ3v) is 5.05.